The molecule has 3 aliphatic rings. The summed E-state index contributed by atoms with van der Waals surface area (Å²) >= 11 is 22.1. The monoisotopic (exact) mass is 1270 g/mol. The number of aliphatic hydroxyl groups is 3. The quantitative estimate of drug-likeness (QED) is 0.0463. The lowest BCUT2D eigenvalue weighted by molar-refractivity contribution is 0.255. The van der Waals surface area contributed by atoms with Crippen LogP contribution in [0.5, 0.6) is 23.0 Å². The SMILES string of the molecule is COc1cc(-n2cnc(N)c2)cc(OC)c1OC.COc1cc(-n2cnc(Nc3nc(N4CCC[C@H]4CO)c4sccc4n3)c2)cc(C)c1C.Clc1nc(Cl)c2sccc2n1.OC[C@@H]1CCCN1.OC[C@@H]1CCCN1c1nc(Cl)nc2ccsc12. The second-order valence-electron chi connectivity index (χ2n) is 19.7. The van der Waals surface area contributed by atoms with Gasteiger partial charge in [-0.2, -0.15) is 9.97 Å². The minimum absolute atomic E-state index is 0.0991. The van der Waals surface area contributed by atoms with Gasteiger partial charge in [-0.25, -0.2) is 29.9 Å². The molecule has 0 unspecified atom stereocenters. The van der Waals surface area contributed by atoms with E-state index in [1.807, 2.05) is 63.3 Å². The van der Waals surface area contributed by atoms with Gasteiger partial charge >= 0.3 is 0 Å². The lowest BCUT2D eigenvalue weighted by atomic mass is 10.1. The maximum Gasteiger partial charge on any atom is 0.231 e. The lowest BCUT2D eigenvalue weighted by Crippen LogP contribution is -2.33. The number of thiophene rings is 3. The number of benzene rings is 2. The molecule has 11 heterocycles. The molecule has 3 aliphatic heterocycles. The molecular formula is C57H66Cl3N15O7S3. The van der Waals surface area contributed by atoms with Gasteiger partial charge < -0.3 is 69.6 Å². The Kier molecular flexibility index (Phi) is 21.7. The van der Waals surface area contributed by atoms with Crippen LogP contribution in [0.1, 0.15) is 49.7 Å². The highest BCUT2D eigenvalue weighted by atomic mass is 35.5. The third-order valence-electron chi connectivity index (χ3n) is 14.4. The fourth-order valence-corrected chi connectivity index (χ4v) is 13.0. The normalized spacial score (nSPS) is 16.3. The van der Waals surface area contributed by atoms with E-state index in [4.69, 9.17) is 69.6 Å². The van der Waals surface area contributed by atoms with Crippen molar-refractivity contribution in [1.82, 2.24) is 54.3 Å². The number of aliphatic hydroxyl groups excluding tert-OH is 3. The summed E-state index contributed by atoms with van der Waals surface area (Å²) in [5.74, 6) is 5.91. The van der Waals surface area contributed by atoms with Crippen molar-refractivity contribution >= 4 is 129 Å². The Morgan fingerprint density at radius 1 is 0.624 bits per heavy atom. The van der Waals surface area contributed by atoms with Crippen LogP contribution in [-0.4, -0.2) is 150 Å². The van der Waals surface area contributed by atoms with Crippen molar-refractivity contribution in [3.63, 3.8) is 0 Å². The van der Waals surface area contributed by atoms with Crippen LogP contribution in [-0.2, 0) is 0 Å². The number of halogens is 3. The van der Waals surface area contributed by atoms with E-state index < -0.39 is 0 Å². The van der Waals surface area contributed by atoms with Crippen molar-refractivity contribution in [2.45, 2.75) is 70.5 Å². The van der Waals surface area contributed by atoms with E-state index in [2.05, 4.69) is 75.2 Å². The number of aryl methyl sites for hydroxylation is 1. The number of hydrogen-bond acceptors (Lipinski definition) is 23. The van der Waals surface area contributed by atoms with Gasteiger partial charge in [0.1, 0.15) is 24.2 Å². The molecule has 7 N–H and O–H groups in total. The molecule has 10 aromatic rings. The molecule has 3 saturated heterocycles. The highest BCUT2D eigenvalue weighted by molar-refractivity contribution is 7.18. The first-order valence-corrected chi connectivity index (χ1v) is 30.9. The van der Waals surface area contributed by atoms with E-state index in [9.17, 15) is 10.2 Å². The van der Waals surface area contributed by atoms with Gasteiger partial charge in [0.25, 0.3) is 0 Å². The van der Waals surface area contributed by atoms with Crippen LogP contribution in [0.4, 0.5) is 29.2 Å². The van der Waals surface area contributed by atoms with Crippen molar-refractivity contribution in [2.75, 3.05) is 88.7 Å². The molecule has 0 amide bonds. The molecule has 3 atom stereocenters. The first kappa shape index (κ1) is 62.6. The van der Waals surface area contributed by atoms with E-state index in [1.54, 1.807) is 74.5 Å². The molecule has 0 spiro atoms. The zero-order valence-corrected chi connectivity index (χ0v) is 52.3. The van der Waals surface area contributed by atoms with Crippen molar-refractivity contribution < 1.29 is 34.3 Å². The smallest absolute Gasteiger partial charge is 0.231 e. The minimum atomic E-state index is 0.0991. The number of imidazole rings is 2. The summed E-state index contributed by atoms with van der Waals surface area (Å²) in [6.07, 6.45) is 13.5. The molecule has 0 aliphatic carbocycles. The third kappa shape index (κ3) is 15.0. The lowest BCUT2D eigenvalue weighted by Gasteiger charge is -2.24. The Labute approximate surface area is 518 Å². The first-order valence-electron chi connectivity index (χ1n) is 27.1. The number of ether oxygens (including phenoxy) is 4. The van der Waals surface area contributed by atoms with Gasteiger partial charge in [0, 0.05) is 37.3 Å². The summed E-state index contributed by atoms with van der Waals surface area (Å²) in [5, 5.41) is 40.9. The summed E-state index contributed by atoms with van der Waals surface area (Å²) in [7, 11) is 6.39. The number of methoxy groups -OCH3 is 4. The molecule has 22 nitrogen and oxygen atoms in total. The molecule has 0 saturated carbocycles. The Bertz CT molecular complexity index is 3790. The number of rotatable bonds is 13. The van der Waals surface area contributed by atoms with E-state index in [0.29, 0.717) is 52.6 Å². The Balaban J connectivity index is 0.000000139. The molecule has 0 bridgehead atoms. The van der Waals surface area contributed by atoms with Gasteiger partial charge in [-0.05, 0) is 134 Å². The molecule has 450 valence electrons. The van der Waals surface area contributed by atoms with Crippen molar-refractivity contribution in [2.24, 2.45) is 0 Å². The number of nitrogens with one attached hydrogen (secondary N) is 2. The van der Waals surface area contributed by atoms with Crippen LogP contribution < -0.4 is 45.1 Å². The van der Waals surface area contributed by atoms with Crippen molar-refractivity contribution in [3.05, 3.63) is 111 Å². The molecule has 0 radical (unpaired) electrons. The average molecular weight is 1280 g/mol. The van der Waals surface area contributed by atoms with E-state index in [-0.39, 0.29) is 35.9 Å². The van der Waals surface area contributed by atoms with Gasteiger partial charge in [0.15, 0.2) is 34.1 Å². The summed E-state index contributed by atoms with van der Waals surface area (Å²) in [4.78, 5) is 38.6. The number of fused-ring (bicyclic) bond motifs is 3. The fourth-order valence-electron chi connectivity index (χ4n) is 9.94. The third-order valence-corrected chi connectivity index (χ3v) is 17.8. The number of nitrogens with two attached hydrogens (primary N) is 1. The number of hydrogen-bond donors (Lipinski definition) is 6. The number of aromatic nitrogens is 10. The van der Waals surface area contributed by atoms with Crippen LogP contribution >= 0.6 is 68.8 Å². The molecule has 8 aromatic heterocycles. The van der Waals surface area contributed by atoms with Gasteiger partial charge in [-0.15, -0.1) is 34.0 Å². The number of anilines is 5. The summed E-state index contributed by atoms with van der Waals surface area (Å²) in [5.41, 5.74) is 12.3. The number of nitrogen functional groups attached to an aromatic ring is 1. The Morgan fingerprint density at radius 3 is 1.71 bits per heavy atom. The van der Waals surface area contributed by atoms with Crippen LogP contribution in [0, 0.1) is 13.8 Å². The van der Waals surface area contributed by atoms with Crippen LogP contribution in [0.15, 0.2) is 83.7 Å². The van der Waals surface area contributed by atoms with E-state index >= 15 is 0 Å². The molecular weight excluding hydrogens is 1210 g/mol. The van der Waals surface area contributed by atoms with Crippen LogP contribution in [0.2, 0.25) is 15.7 Å². The molecule has 85 heavy (non-hydrogen) atoms. The zero-order valence-electron chi connectivity index (χ0n) is 47.6. The highest BCUT2D eigenvalue weighted by Gasteiger charge is 2.29. The fraction of sp³-hybridized carbons (Fsp3) is 0.368. The topological polar surface area (TPSA) is 267 Å². The number of nitrogens with zero attached hydrogens (tertiary/aromatic N) is 12. The largest absolute Gasteiger partial charge is 0.496 e. The highest BCUT2D eigenvalue weighted by Crippen LogP contribution is 2.40. The van der Waals surface area contributed by atoms with Crippen molar-refractivity contribution in [1.29, 1.82) is 0 Å². The second-order valence-corrected chi connectivity index (χ2v) is 23.4. The summed E-state index contributed by atoms with van der Waals surface area (Å²) in [6.45, 7) is 7.61. The Hall–Kier alpha value is -6.91. The molecule has 2 aromatic carbocycles. The molecule has 28 heteroatoms. The molecule has 3 fully saturated rings. The van der Waals surface area contributed by atoms with Gasteiger partial charge in [0.05, 0.1) is 115 Å². The summed E-state index contributed by atoms with van der Waals surface area (Å²) < 4.78 is 28.0. The predicted octanol–water partition coefficient (Wildman–Crippen LogP) is 10.7. The molecule has 13 rings (SSSR count). The Morgan fingerprint density at radius 2 is 1.16 bits per heavy atom. The van der Waals surface area contributed by atoms with Gasteiger partial charge in [-0.3, -0.25) is 0 Å². The second kappa shape index (κ2) is 29.5. The van der Waals surface area contributed by atoms with Crippen LogP contribution in [0.25, 0.3) is 42.0 Å². The average Bonchev–Trinajstić information content (AvgIpc) is 4.32. The standard InChI is InChI=1S/C23H26N6O2S.C12H15N3O3.C11H12ClN3OS.C6H2Cl2N2S.C5H11NO/c1-14-9-17(10-19(31-3)15(14)2)28-11-20(24-13-28)26-23-25-18-6-8-32-21(18)22(27-23)29-7-4-5-16(29)12-30;1-16-9-4-8(15-6-11(13)14-7-15)5-10(17-2)12(9)18-3;12-11-13-8-3-5-17-9(8)10(14-11)15-4-1-2-7(15)6-16;7-5-4-3(1-2-11-4)9-6(8)10-5;7-4-5-2-1-3-6-5/h6,8-11,13,16,30H,4-5,7,12H2,1-3H3,(H,25,26,27);4-7H,13H2,1-3H3;3,5,7,16H,1-2,4,6H2;1-2H;5-7H,1-4H2/t16-;;7-;;5-/m0.0.0/s1. The summed E-state index contributed by atoms with van der Waals surface area (Å²) in [6, 6.07) is 14.2. The van der Waals surface area contributed by atoms with Crippen molar-refractivity contribution in [3.8, 4) is 34.4 Å². The maximum atomic E-state index is 9.79. The first-order chi connectivity index (χ1) is 41.3. The van der Waals surface area contributed by atoms with E-state index in [0.717, 1.165) is 122 Å². The van der Waals surface area contributed by atoms with E-state index in [1.165, 1.54) is 17.8 Å². The van der Waals surface area contributed by atoms with Gasteiger partial charge in [0.2, 0.25) is 22.3 Å². The zero-order chi connectivity index (χ0) is 60.1. The minimum Gasteiger partial charge on any atom is -0.496 e. The van der Waals surface area contributed by atoms with Crippen LogP contribution in [0.3, 0.4) is 0 Å². The maximum absolute atomic E-state index is 9.79. The predicted molar refractivity (Wildman–Crippen MR) is 341 cm³/mol. The van der Waals surface area contributed by atoms with Gasteiger partial charge in [-0.1, -0.05) is 11.6 Å².